The summed E-state index contributed by atoms with van der Waals surface area (Å²) in [4.78, 5) is 11.1. The number of aryl methyl sites for hydroxylation is 1. The van der Waals surface area contributed by atoms with Crippen molar-refractivity contribution in [2.75, 3.05) is 6.61 Å². The third-order valence-electron chi connectivity index (χ3n) is 3.98. The smallest absolute Gasteiger partial charge is 0.333 e. The third-order valence-corrected chi connectivity index (χ3v) is 3.98. The quantitative estimate of drug-likeness (QED) is 0.740. The van der Waals surface area contributed by atoms with Crippen molar-refractivity contribution in [3.05, 3.63) is 71.3 Å². The second kappa shape index (κ2) is 9.21. The molecule has 2 aromatic rings. The van der Waals surface area contributed by atoms with Crippen molar-refractivity contribution in [3.63, 3.8) is 0 Å². The number of ether oxygens (including phenoxy) is 1. The molecule has 0 spiro atoms. The van der Waals surface area contributed by atoms with Gasteiger partial charge in [0.25, 0.3) is 0 Å². The van der Waals surface area contributed by atoms with Crippen LogP contribution in [0.5, 0.6) is 0 Å². The fourth-order valence-corrected chi connectivity index (χ4v) is 2.62. The Balaban J connectivity index is 1.89. The molecule has 2 rings (SSSR count). The van der Waals surface area contributed by atoms with Gasteiger partial charge in [-0.05, 0) is 36.5 Å². The standard InChI is InChI=1S/C20H24O4/c1-2-24-19(20(22)23)14-16-10-8-15(9-11-16)12-13-18(21)17-6-4-3-5-7-17/h3-11,18-19,21H,2,12-14H2,1H3,(H,22,23)/t18-,19-/m0/s1. The van der Waals surface area contributed by atoms with Crippen molar-refractivity contribution in [1.82, 2.24) is 0 Å². The Morgan fingerprint density at radius 1 is 1.04 bits per heavy atom. The molecule has 2 atom stereocenters. The van der Waals surface area contributed by atoms with E-state index in [1.54, 1.807) is 6.92 Å². The monoisotopic (exact) mass is 328 g/mol. The Hall–Kier alpha value is -2.17. The molecule has 0 radical (unpaired) electrons. The largest absolute Gasteiger partial charge is 0.479 e. The third kappa shape index (κ3) is 5.48. The van der Waals surface area contributed by atoms with E-state index < -0.39 is 18.2 Å². The summed E-state index contributed by atoms with van der Waals surface area (Å²) in [6.07, 6.45) is 0.501. The van der Waals surface area contributed by atoms with Gasteiger partial charge in [0.1, 0.15) is 0 Å². The van der Waals surface area contributed by atoms with E-state index in [-0.39, 0.29) is 0 Å². The van der Waals surface area contributed by atoms with Gasteiger partial charge in [0.15, 0.2) is 6.10 Å². The molecular formula is C20H24O4. The van der Waals surface area contributed by atoms with E-state index in [1.807, 2.05) is 54.6 Å². The van der Waals surface area contributed by atoms with Crippen LogP contribution in [0.2, 0.25) is 0 Å². The molecule has 0 amide bonds. The Kier molecular flexibility index (Phi) is 6.97. The van der Waals surface area contributed by atoms with Crippen molar-refractivity contribution in [2.24, 2.45) is 0 Å². The van der Waals surface area contributed by atoms with Crippen LogP contribution in [-0.4, -0.2) is 28.9 Å². The first-order valence-corrected chi connectivity index (χ1v) is 8.25. The molecule has 4 heteroatoms. The van der Waals surface area contributed by atoms with Gasteiger partial charge in [0.2, 0.25) is 0 Å². The maximum atomic E-state index is 11.1. The van der Waals surface area contributed by atoms with Crippen molar-refractivity contribution >= 4 is 5.97 Å². The molecule has 0 aliphatic carbocycles. The average molecular weight is 328 g/mol. The second-order valence-electron chi connectivity index (χ2n) is 5.77. The molecule has 0 fully saturated rings. The number of rotatable bonds is 9. The normalized spacial score (nSPS) is 13.4. The molecule has 0 bridgehead atoms. The predicted octanol–water partition coefficient (Wildman–Crippen LogP) is 3.39. The Bertz CT molecular complexity index is 622. The molecular weight excluding hydrogens is 304 g/mol. The number of carboxylic acid groups (broad SMARTS) is 1. The lowest BCUT2D eigenvalue weighted by atomic mass is 9.99. The van der Waals surface area contributed by atoms with Crippen LogP contribution in [0, 0.1) is 0 Å². The molecule has 4 nitrogen and oxygen atoms in total. The molecule has 128 valence electrons. The van der Waals surface area contributed by atoms with Gasteiger partial charge in [-0.25, -0.2) is 4.79 Å². The van der Waals surface area contributed by atoms with Crippen LogP contribution in [0.1, 0.15) is 36.1 Å². The summed E-state index contributed by atoms with van der Waals surface area (Å²) >= 11 is 0. The summed E-state index contributed by atoms with van der Waals surface area (Å²) in [5.74, 6) is -0.938. The number of aliphatic carboxylic acids is 1. The number of carbonyl (C=O) groups is 1. The van der Waals surface area contributed by atoms with Crippen molar-refractivity contribution in [2.45, 2.75) is 38.4 Å². The van der Waals surface area contributed by atoms with Gasteiger partial charge in [0.05, 0.1) is 6.10 Å². The minimum atomic E-state index is -0.938. The highest BCUT2D eigenvalue weighted by Gasteiger charge is 2.17. The number of aliphatic hydroxyl groups is 1. The van der Waals surface area contributed by atoms with E-state index in [0.29, 0.717) is 19.4 Å². The van der Waals surface area contributed by atoms with E-state index in [1.165, 1.54) is 0 Å². The van der Waals surface area contributed by atoms with Crippen LogP contribution in [0.4, 0.5) is 0 Å². The maximum absolute atomic E-state index is 11.1. The van der Waals surface area contributed by atoms with Crippen LogP contribution < -0.4 is 0 Å². The first-order chi connectivity index (χ1) is 11.6. The van der Waals surface area contributed by atoms with Crippen molar-refractivity contribution in [1.29, 1.82) is 0 Å². The molecule has 0 aromatic heterocycles. The number of aliphatic hydroxyl groups excluding tert-OH is 1. The van der Waals surface area contributed by atoms with Crippen LogP contribution in [0.15, 0.2) is 54.6 Å². The lowest BCUT2D eigenvalue weighted by Gasteiger charge is -2.13. The Labute approximate surface area is 142 Å². The second-order valence-corrected chi connectivity index (χ2v) is 5.77. The number of carboxylic acids is 1. The lowest BCUT2D eigenvalue weighted by Crippen LogP contribution is -2.26. The van der Waals surface area contributed by atoms with E-state index in [0.717, 1.165) is 23.1 Å². The topological polar surface area (TPSA) is 66.8 Å². The van der Waals surface area contributed by atoms with E-state index in [2.05, 4.69) is 0 Å². The van der Waals surface area contributed by atoms with Crippen molar-refractivity contribution < 1.29 is 19.7 Å². The Morgan fingerprint density at radius 3 is 2.25 bits per heavy atom. The molecule has 0 aliphatic heterocycles. The summed E-state index contributed by atoms with van der Waals surface area (Å²) in [6.45, 7) is 2.17. The fourth-order valence-electron chi connectivity index (χ4n) is 2.62. The molecule has 0 saturated heterocycles. The van der Waals surface area contributed by atoms with Gasteiger partial charge in [0, 0.05) is 13.0 Å². The lowest BCUT2D eigenvalue weighted by molar-refractivity contribution is -0.149. The van der Waals surface area contributed by atoms with Gasteiger partial charge in [-0.2, -0.15) is 0 Å². The van der Waals surface area contributed by atoms with Crippen LogP contribution in [-0.2, 0) is 22.4 Å². The van der Waals surface area contributed by atoms with Gasteiger partial charge in [-0.3, -0.25) is 0 Å². The molecule has 2 aromatic carbocycles. The Morgan fingerprint density at radius 2 is 1.67 bits per heavy atom. The zero-order valence-corrected chi connectivity index (χ0v) is 13.9. The number of hydrogen-bond donors (Lipinski definition) is 2. The highest BCUT2D eigenvalue weighted by Crippen LogP contribution is 2.19. The molecule has 0 saturated carbocycles. The highest BCUT2D eigenvalue weighted by atomic mass is 16.5. The van der Waals surface area contributed by atoms with E-state index in [9.17, 15) is 9.90 Å². The first-order valence-electron chi connectivity index (χ1n) is 8.25. The van der Waals surface area contributed by atoms with E-state index >= 15 is 0 Å². The molecule has 0 unspecified atom stereocenters. The van der Waals surface area contributed by atoms with Crippen molar-refractivity contribution in [3.8, 4) is 0 Å². The summed E-state index contributed by atoms with van der Waals surface area (Å²) in [5.41, 5.74) is 2.98. The predicted molar refractivity (Wildman–Crippen MR) is 92.9 cm³/mol. The van der Waals surface area contributed by atoms with Crippen LogP contribution >= 0.6 is 0 Å². The summed E-state index contributed by atoms with van der Waals surface area (Å²) in [6, 6.07) is 17.5. The summed E-state index contributed by atoms with van der Waals surface area (Å²) in [7, 11) is 0. The molecule has 2 N–H and O–H groups in total. The average Bonchev–Trinajstić information content (AvgIpc) is 2.61. The van der Waals surface area contributed by atoms with Crippen LogP contribution in [0.25, 0.3) is 0 Å². The SMILES string of the molecule is CCO[C@@H](Cc1ccc(CC[C@H](O)c2ccccc2)cc1)C(=O)O. The van der Waals surface area contributed by atoms with Crippen LogP contribution in [0.3, 0.4) is 0 Å². The van der Waals surface area contributed by atoms with Gasteiger partial charge in [-0.15, -0.1) is 0 Å². The molecule has 0 heterocycles. The minimum Gasteiger partial charge on any atom is -0.479 e. The summed E-state index contributed by atoms with van der Waals surface area (Å²) < 4.78 is 5.23. The highest BCUT2D eigenvalue weighted by molar-refractivity contribution is 5.72. The minimum absolute atomic E-state index is 0.357. The number of benzene rings is 2. The number of hydrogen-bond acceptors (Lipinski definition) is 3. The zero-order chi connectivity index (χ0) is 17.4. The first kappa shape index (κ1) is 18.2. The fraction of sp³-hybridized carbons (Fsp3) is 0.350. The molecule has 24 heavy (non-hydrogen) atoms. The maximum Gasteiger partial charge on any atom is 0.333 e. The summed E-state index contributed by atoms with van der Waals surface area (Å²) in [5, 5.41) is 19.3. The van der Waals surface area contributed by atoms with E-state index in [4.69, 9.17) is 9.84 Å². The zero-order valence-electron chi connectivity index (χ0n) is 13.9. The molecule has 0 aliphatic rings. The van der Waals surface area contributed by atoms with Gasteiger partial charge < -0.3 is 14.9 Å². The van der Waals surface area contributed by atoms with Gasteiger partial charge in [-0.1, -0.05) is 54.6 Å². The van der Waals surface area contributed by atoms with Gasteiger partial charge >= 0.3 is 5.97 Å².